The number of nitro groups is 1. The van der Waals surface area contributed by atoms with Crippen LogP contribution in [0.2, 0.25) is 5.02 Å². The lowest BCUT2D eigenvalue weighted by Crippen LogP contribution is -2.31. The highest BCUT2D eigenvalue weighted by atomic mass is 35.5. The highest BCUT2D eigenvalue weighted by Crippen LogP contribution is 2.24. The van der Waals surface area contributed by atoms with E-state index >= 15 is 0 Å². The van der Waals surface area contributed by atoms with Crippen molar-refractivity contribution in [1.82, 2.24) is 4.90 Å². The molecule has 0 aliphatic heterocycles. The first-order valence-electron chi connectivity index (χ1n) is 6.97. The molecule has 0 spiro atoms. The fourth-order valence-electron chi connectivity index (χ4n) is 2.00. The molecule has 0 radical (unpaired) electrons. The van der Waals surface area contributed by atoms with Crippen molar-refractivity contribution >= 4 is 23.2 Å². The molecule has 0 heterocycles. The van der Waals surface area contributed by atoms with E-state index in [2.05, 4.69) is 0 Å². The van der Waals surface area contributed by atoms with Crippen LogP contribution in [0.3, 0.4) is 0 Å². The van der Waals surface area contributed by atoms with Crippen molar-refractivity contribution in [3.63, 3.8) is 0 Å². The Morgan fingerprint density at radius 2 is 2.04 bits per heavy atom. The van der Waals surface area contributed by atoms with Crippen molar-refractivity contribution in [1.29, 1.82) is 0 Å². The third-order valence-electron chi connectivity index (χ3n) is 3.25. The standard InChI is InChI=1S/C16H14ClFN2O4/c1-19(8-9-24-15-5-3-2-4-13(15)18)16(21)12-7-6-11(17)10-14(12)20(22)23/h2-7,10H,8-9H2,1H3. The molecule has 6 nitrogen and oxygen atoms in total. The summed E-state index contributed by atoms with van der Waals surface area (Å²) in [5, 5.41) is 11.2. The van der Waals surface area contributed by atoms with E-state index in [0.717, 1.165) is 6.07 Å². The van der Waals surface area contributed by atoms with Crippen LogP contribution in [0.15, 0.2) is 42.5 Å². The molecule has 0 saturated carbocycles. The predicted octanol–water partition coefficient (Wildman–Crippen LogP) is 3.54. The molecule has 0 aliphatic rings. The van der Waals surface area contributed by atoms with Crippen LogP contribution in [0.4, 0.5) is 10.1 Å². The lowest BCUT2D eigenvalue weighted by molar-refractivity contribution is -0.385. The summed E-state index contributed by atoms with van der Waals surface area (Å²) in [6.45, 7) is 0.178. The third-order valence-corrected chi connectivity index (χ3v) is 3.49. The molecular formula is C16H14ClFN2O4. The van der Waals surface area contributed by atoms with Crippen LogP contribution < -0.4 is 4.74 Å². The zero-order valence-electron chi connectivity index (χ0n) is 12.7. The summed E-state index contributed by atoms with van der Waals surface area (Å²) < 4.78 is 18.7. The quantitative estimate of drug-likeness (QED) is 0.588. The van der Waals surface area contributed by atoms with E-state index in [-0.39, 0.29) is 35.2 Å². The smallest absolute Gasteiger partial charge is 0.283 e. The van der Waals surface area contributed by atoms with Gasteiger partial charge in [0.25, 0.3) is 11.6 Å². The van der Waals surface area contributed by atoms with Gasteiger partial charge in [-0.25, -0.2) is 4.39 Å². The van der Waals surface area contributed by atoms with Crippen LogP contribution in [-0.4, -0.2) is 35.9 Å². The molecular weight excluding hydrogens is 339 g/mol. The molecule has 0 N–H and O–H groups in total. The lowest BCUT2D eigenvalue weighted by Gasteiger charge is -2.17. The first-order valence-corrected chi connectivity index (χ1v) is 7.34. The van der Waals surface area contributed by atoms with Crippen molar-refractivity contribution in [2.45, 2.75) is 0 Å². The van der Waals surface area contributed by atoms with E-state index in [4.69, 9.17) is 16.3 Å². The van der Waals surface area contributed by atoms with Gasteiger partial charge < -0.3 is 9.64 Å². The Bertz CT molecular complexity index is 769. The monoisotopic (exact) mass is 352 g/mol. The number of likely N-dealkylation sites (N-methyl/N-ethyl adjacent to an activating group) is 1. The topological polar surface area (TPSA) is 72.7 Å². The van der Waals surface area contributed by atoms with Crippen molar-refractivity contribution in [3.05, 3.63) is 69.0 Å². The van der Waals surface area contributed by atoms with Gasteiger partial charge in [0.05, 0.1) is 11.5 Å². The summed E-state index contributed by atoms with van der Waals surface area (Å²) >= 11 is 5.73. The average Bonchev–Trinajstić information content (AvgIpc) is 2.55. The first-order chi connectivity index (χ1) is 11.4. The highest BCUT2D eigenvalue weighted by Gasteiger charge is 2.23. The molecule has 2 rings (SSSR count). The number of amides is 1. The number of rotatable bonds is 6. The Labute approximate surface area is 142 Å². The van der Waals surface area contributed by atoms with E-state index in [9.17, 15) is 19.3 Å². The fourth-order valence-corrected chi connectivity index (χ4v) is 2.16. The number of ether oxygens (including phenoxy) is 1. The van der Waals surface area contributed by atoms with Gasteiger partial charge in [0, 0.05) is 18.1 Å². The van der Waals surface area contributed by atoms with Gasteiger partial charge in [-0.1, -0.05) is 23.7 Å². The molecule has 1 amide bonds. The van der Waals surface area contributed by atoms with Gasteiger partial charge in [0.2, 0.25) is 0 Å². The van der Waals surface area contributed by atoms with Gasteiger partial charge in [0.1, 0.15) is 12.2 Å². The van der Waals surface area contributed by atoms with Gasteiger partial charge in [0.15, 0.2) is 11.6 Å². The Kier molecular flexibility index (Phi) is 5.70. The molecule has 0 aromatic heterocycles. The van der Waals surface area contributed by atoms with E-state index < -0.39 is 16.6 Å². The van der Waals surface area contributed by atoms with E-state index in [0.29, 0.717) is 0 Å². The molecule has 24 heavy (non-hydrogen) atoms. The van der Waals surface area contributed by atoms with Crippen molar-refractivity contribution in [3.8, 4) is 5.75 Å². The minimum atomic E-state index is -0.664. The molecule has 126 valence electrons. The second-order valence-corrected chi connectivity index (χ2v) is 5.36. The molecule has 2 aromatic carbocycles. The molecule has 0 saturated heterocycles. The summed E-state index contributed by atoms with van der Waals surface area (Å²) in [4.78, 5) is 24.0. The first kappa shape index (κ1) is 17.7. The minimum absolute atomic E-state index is 0.0462. The number of carbonyl (C=O) groups is 1. The molecule has 2 aromatic rings. The Hall–Kier alpha value is -2.67. The van der Waals surface area contributed by atoms with Crippen LogP contribution >= 0.6 is 11.6 Å². The molecule has 0 bridgehead atoms. The van der Waals surface area contributed by atoms with Gasteiger partial charge in [-0.2, -0.15) is 0 Å². The lowest BCUT2D eigenvalue weighted by atomic mass is 10.1. The summed E-state index contributed by atoms with van der Waals surface area (Å²) in [6.07, 6.45) is 0. The maximum absolute atomic E-state index is 13.4. The Balaban J connectivity index is 2.02. The molecule has 0 unspecified atom stereocenters. The summed E-state index contributed by atoms with van der Waals surface area (Å²) in [6, 6.07) is 9.74. The number of benzene rings is 2. The number of hydrogen-bond donors (Lipinski definition) is 0. The van der Waals surface area contributed by atoms with Crippen LogP contribution in [-0.2, 0) is 0 Å². The van der Waals surface area contributed by atoms with E-state index in [1.165, 1.54) is 42.3 Å². The highest BCUT2D eigenvalue weighted by molar-refractivity contribution is 6.31. The summed E-state index contributed by atoms with van der Waals surface area (Å²) in [5.41, 5.74) is -0.438. The molecule has 8 heteroatoms. The third kappa shape index (κ3) is 4.20. The largest absolute Gasteiger partial charge is 0.489 e. The average molecular weight is 353 g/mol. The van der Waals surface area contributed by atoms with Gasteiger partial charge >= 0.3 is 0 Å². The number of halogens is 2. The summed E-state index contributed by atoms with van der Waals surface area (Å²) in [5.74, 6) is -0.967. The number of para-hydroxylation sites is 1. The van der Waals surface area contributed by atoms with Crippen molar-refractivity contribution in [2.75, 3.05) is 20.2 Å². The minimum Gasteiger partial charge on any atom is -0.489 e. The zero-order chi connectivity index (χ0) is 17.7. The van der Waals surface area contributed by atoms with Gasteiger partial charge in [-0.05, 0) is 24.3 Å². The molecule has 0 fully saturated rings. The predicted molar refractivity (Wildman–Crippen MR) is 87.0 cm³/mol. The Morgan fingerprint density at radius 1 is 1.33 bits per heavy atom. The second kappa shape index (κ2) is 7.74. The summed E-state index contributed by atoms with van der Waals surface area (Å²) in [7, 11) is 1.48. The van der Waals surface area contributed by atoms with Crippen LogP contribution in [0.5, 0.6) is 5.75 Å². The molecule has 0 aliphatic carbocycles. The number of nitrogens with zero attached hydrogens (tertiary/aromatic N) is 2. The molecule has 0 atom stereocenters. The maximum Gasteiger partial charge on any atom is 0.283 e. The number of carbonyl (C=O) groups excluding carboxylic acids is 1. The van der Waals surface area contributed by atoms with Crippen molar-refractivity contribution in [2.24, 2.45) is 0 Å². The van der Waals surface area contributed by atoms with Gasteiger partial charge in [-0.15, -0.1) is 0 Å². The zero-order valence-corrected chi connectivity index (χ0v) is 13.5. The SMILES string of the molecule is CN(CCOc1ccccc1F)C(=O)c1ccc(Cl)cc1[N+](=O)[O-]. The number of hydrogen-bond acceptors (Lipinski definition) is 4. The van der Waals surface area contributed by atoms with E-state index in [1.54, 1.807) is 6.07 Å². The normalized spacial score (nSPS) is 10.3. The van der Waals surface area contributed by atoms with Crippen LogP contribution in [0.1, 0.15) is 10.4 Å². The Morgan fingerprint density at radius 3 is 2.71 bits per heavy atom. The van der Waals surface area contributed by atoms with Crippen LogP contribution in [0, 0.1) is 15.9 Å². The van der Waals surface area contributed by atoms with Crippen molar-refractivity contribution < 1.29 is 18.8 Å². The van der Waals surface area contributed by atoms with Gasteiger partial charge in [-0.3, -0.25) is 14.9 Å². The maximum atomic E-state index is 13.4. The second-order valence-electron chi connectivity index (χ2n) is 4.92. The number of nitro benzene ring substituents is 1. The van der Waals surface area contributed by atoms with Crippen LogP contribution in [0.25, 0.3) is 0 Å². The van der Waals surface area contributed by atoms with E-state index in [1.807, 2.05) is 0 Å². The fraction of sp³-hybridized carbons (Fsp3) is 0.188.